The van der Waals surface area contributed by atoms with Crippen LogP contribution in [0.2, 0.25) is 5.15 Å². The molecule has 0 spiro atoms. The van der Waals surface area contributed by atoms with Gasteiger partial charge in [0.05, 0.1) is 96.1 Å². The molecule has 0 aliphatic heterocycles. The van der Waals surface area contributed by atoms with Crippen LogP contribution in [0.4, 0.5) is 0 Å². The molecule has 0 fully saturated rings. The second-order valence-corrected chi connectivity index (χ2v) is 22.6. The number of aromatic nitrogens is 9. The number of rotatable bonds is 7. The molecular formula is C60H49ClN12O5S3. The first kappa shape index (κ1) is 56.5. The van der Waals surface area contributed by atoms with Crippen molar-refractivity contribution in [2.45, 2.75) is 30.8 Å². The Bertz CT molecular complexity index is 4870. The maximum absolute atomic E-state index is 13.0. The number of hydrogen-bond donors (Lipinski definition) is 1. The lowest BCUT2D eigenvalue weighted by molar-refractivity contribution is 0.593. The predicted octanol–water partition coefficient (Wildman–Crippen LogP) is 10.7. The van der Waals surface area contributed by atoms with Gasteiger partial charge >= 0.3 is 0 Å². The lowest BCUT2D eigenvalue weighted by Gasteiger charge is -2.10. The molecule has 0 atom stereocenters. The summed E-state index contributed by atoms with van der Waals surface area (Å²) >= 11 is 11.3. The molecule has 21 heteroatoms. The van der Waals surface area contributed by atoms with E-state index in [1.54, 1.807) is 65.8 Å². The van der Waals surface area contributed by atoms with Crippen molar-refractivity contribution in [3.63, 3.8) is 0 Å². The number of fused-ring (bicyclic) bond motifs is 9. The minimum Gasteiger partial charge on any atom is -0.342 e. The Morgan fingerprint density at radius 1 is 0.519 bits per heavy atom. The number of nitrogens with zero attached hydrogens (tertiary/aromatic N) is 12. The molecule has 0 saturated carbocycles. The molecule has 0 aliphatic rings. The molecule has 0 N–H and O–H groups in total. The molecule has 0 unspecified atom stereocenters. The van der Waals surface area contributed by atoms with Crippen molar-refractivity contribution >= 4 is 112 Å². The summed E-state index contributed by atoms with van der Waals surface area (Å²) < 4.78 is 34.5. The van der Waals surface area contributed by atoms with E-state index in [-0.39, 0.29) is 38.6 Å². The Balaban J connectivity index is 0.000000143. The van der Waals surface area contributed by atoms with E-state index in [0.717, 1.165) is 76.8 Å². The van der Waals surface area contributed by atoms with Crippen LogP contribution in [0.25, 0.3) is 82.9 Å². The SMILES string of the molecule is CCS.CCS(=O)(=O)c1ccc(-n2c(=O)c(C#N)cc3c2c2ccccc2n3C)cn1.CCSc1ccc(-n2c(=O)c(C#N)cc3c2c2ccccc2n3C)cn1.Cn1c2ccccc2c2c1cc(C#N)c(=O)n2-c1ccc(Cl)nc1. The number of pyridine rings is 6. The first-order valence-corrected chi connectivity index (χ1v) is 28.8. The van der Waals surface area contributed by atoms with Gasteiger partial charge in [0.1, 0.15) is 40.1 Å². The van der Waals surface area contributed by atoms with E-state index in [1.165, 1.54) is 27.6 Å². The maximum Gasteiger partial charge on any atom is 0.273 e. The van der Waals surface area contributed by atoms with E-state index in [2.05, 4.69) is 34.5 Å². The maximum atomic E-state index is 13.0. The highest BCUT2D eigenvalue weighted by Gasteiger charge is 2.22. The van der Waals surface area contributed by atoms with E-state index in [9.17, 15) is 38.6 Å². The zero-order chi connectivity index (χ0) is 57.9. The Morgan fingerprint density at radius 3 is 1.19 bits per heavy atom. The molecule has 81 heavy (non-hydrogen) atoms. The Hall–Kier alpha value is -9.23. The van der Waals surface area contributed by atoms with E-state index in [1.807, 2.05) is 145 Å². The molecule has 0 saturated heterocycles. The molecule has 0 aliphatic carbocycles. The van der Waals surface area contributed by atoms with Crippen molar-refractivity contribution in [1.29, 1.82) is 15.8 Å². The molecular weight excluding hydrogens is 1100 g/mol. The van der Waals surface area contributed by atoms with Crippen molar-refractivity contribution in [3.8, 4) is 35.3 Å². The van der Waals surface area contributed by atoms with Crippen LogP contribution in [-0.2, 0) is 31.0 Å². The number of hydrogen-bond acceptors (Lipinski definition) is 13. The normalized spacial score (nSPS) is 11.1. The fourth-order valence-corrected chi connectivity index (χ4v) is 11.2. The molecule has 404 valence electrons. The molecule has 0 radical (unpaired) electrons. The van der Waals surface area contributed by atoms with Crippen molar-refractivity contribution < 1.29 is 8.42 Å². The van der Waals surface area contributed by atoms with Crippen LogP contribution in [-0.4, -0.2) is 68.0 Å². The predicted molar refractivity (Wildman–Crippen MR) is 324 cm³/mol. The zero-order valence-corrected chi connectivity index (χ0v) is 47.8. The summed E-state index contributed by atoms with van der Waals surface area (Å²) in [6.07, 6.45) is 4.58. The third-order valence-corrected chi connectivity index (χ3v) is 16.2. The topological polar surface area (TPSA) is 225 Å². The van der Waals surface area contributed by atoms with E-state index in [4.69, 9.17) is 11.6 Å². The highest BCUT2D eigenvalue weighted by atomic mass is 35.5. The highest BCUT2D eigenvalue weighted by molar-refractivity contribution is 7.99. The van der Waals surface area contributed by atoms with Gasteiger partial charge in [-0.25, -0.2) is 23.4 Å². The van der Waals surface area contributed by atoms with Gasteiger partial charge in [0.2, 0.25) is 0 Å². The van der Waals surface area contributed by atoms with Gasteiger partial charge in [-0.2, -0.15) is 28.4 Å². The standard InChI is InChI=1S/C20H16N4O3S.C20H16N4OS.C18H11ClN4O.C2H6S/c1-3-28(26,27)18-9-8-14(12-22-18)24-19-15-6-4-5-7-16(15)23(2)17(19)10-13(11-21)20(24)25;1-3-26-18-9-8-14(12-22-18)24-19-15-6-4-5-7-16(15)23(2)17(19)10-13(11-21)20(24)25;1-22-14-5-3-2-4-13(14)17-15(22)8-11(9-20)18(24)23(17)12-6-7-16(19)21-10-12;1-2-3/h4-10,12H,3H2,1-2H3;4-10,12H,3H2,1-2H3;2-8,10H,1H3;3H,2H2,1H3. The summed E-state index contributed by atoms with van der Waals surface area (Å²) in [6, 6.07) is 44.3. The van der Waals surface area contributed by atoms with E-state index >= 15 is 0 Å². The zero-order valence-electron chi connectivity index (χ0n) is 44.5. The van der Waals surface area contributed by atoms with Crippen LogP contribution in [0.3, 0.4) is 0 Å². The summed E-state index contributed by atoms with van der Waals surface area (Å²) in [5, 5.41) is 32.2. The van der Waals surface area contributed by atoms with Gasteiger partial charge in [0.15, 0.2) is 14.9 Å². The molecule has 9 aromatic heterocycles. The lowest BCUT2D eigenvalue weighted by atomic mass is 10.2. The van der Waals surface area contributed by atoms with Crippen LogP contribution < -0.4 is 16.7 Å². The van der Waals surface area contributed by atoms with Gasteiger partial charge in [-0.15, -0.1) is 11.8 Å². The van der Waals surface area contributed by atoms with Gasteiger partial charge in [0.25, 0.3) is 16.7 Å². The van der Waals surface area contributed by atoms with Gasteiger partial charge < -0.3 is 13.7 Å². The second kappa shape index (κ2) is 23.6. The van der Waals surface area contributed by atoms with Crippen LogP contribution in [0.5, 0.6) is 0 Å². The number of thioether (sulfide) groups is 1. The number of para-hydroxylation sites is 3. The summed E-state index contributed by atoms with van der Waals surface area (Å²) in [5.41, 5.74) is 8.16. The van der Waals surface area contributed by atoms with Crippen molar-refractivity contribution in [1.82, 2.24) is 42.4 Å². The number of nitriles is 3. The third-order valence-electron chi connectivity index (χ3n) is 13.5. The number of sulfone groups is 1. The second-order valence-electron chi connectivity index (χ2n) is 18.1. The van der Waals surface area contributed by atoms with Gasteiger partial charge in [-0.05, 0) is 84.3 Å². The van der Waals surface area contributed by atoms with Crippen molar-refractivity contribution in [2.75, 3.05) is 17.3 Å². The quantitative estimate of drug-likeness (QED) is 0.0894. The highest BCUT2D eigenvalue weighted by Crippen LogP contribution is 2.33. The number of benzene rings is 3. The van der Waals surface area contributed by atoms with Gasteiger partial charge in [-0.1, -0.05) is 87.0 Å². The fourth-order valence-electron chi connectivity index (χ4n) is 9.70. The van der Waals surface area contributed by atoms with Crippen LogP contribution in [0, 0.1) is 34.0 Å². The summed E-state index contributed by atoms with van der Waals surface area (Å²) in [5.74, 6) is 1.82. The summed E-state index contributed by atoms with van der Waals surface area (Å²) in [7, 11) is 2.28. The van der Waals surface area contributed by atoms with Crippen LogP contribution in [0.1, 0.15) is 37.5 Å². The van der Waals surface area contributed by atoms with Gasteiger partial charge in [0, 0.05) is 37.3 Å². The average Bonchev–Trinajstić information content (AvgIpc) is 3.19. The molecule has 12 aromatic rings. The van der Waals surface area contributed by atoms with E-state index < -0.39 is 15.4 Å². The Kier molecular flexibility index (Phi) is 16.5. The molecule has 0 amide bonds. The minimum atomic E-state index is -3.45. The van der Waals surface area contributed by atoms with Crippen molar-refractivity contribution in [3.05, 3.63) is 199 Å². The number of aryl methyl sites for hydroxylation is 3. The lowest BCUT2D eigenvalue weighted by Crippen LogP contribution is -2.21. The number of thiol groups is 1. The number of halogens is 1. The van der Waals surface area contributed by atoms with Crippen molar-refractivity contribution in [2.24, 2.45) is 21.1 Å². The summed E-state index contributed by atoms with van der Waals surface area (Å²) in [4.78, 5) is 51.4. The Labute approximate surface area is 478 Å². The van der Waals surface area contributed by atoms with Crippen LogP contribution in [0.15, 0.2) is 170 Å². The Morgan fingerprint density at radius 2 is 0.877 bits per heavy atom. The first-order chi connectivity index (χ1) is 39.1. The molecule has 17 nitrogen and oxygen atoms in total. The first-order valence-electron chi connectivity index (χ1n) is 25.2. The van der Waals surface area contributed by atoms with E-state index in [0.29, 0.717) is 27.7 Å². The molecule has 9 heterocycles. The smallest absolute Gasteiger partial charge is 0.273 e. The minimum absolute atomic E-state index is 0.00339. The third kappa shape index (κ3) is 10.4. The largest absolute Gasteiger partial charge is 0.342 e. The molecule has 12 rings (SSSR count). The molecule has 0 bridgehead atoms. The van der Waals surface area contributed by atoms with Crippen LogP contribution >= 0.6 is 36.0 Å². The fraction of sp³-hybridized carbons (Fsp3) is 0.150. The summed E-state index contributed by atoms with van der Waals surface area (Å²) in [6.45, 7) is 5.61. The molecule has 3 aromatic carbocycles. The van der Waals surface area contributed by atoms with Gasteiger partial charge in [-0.3, -0.25) is 28.1 Å². The monoisotopic (exact) mass is 1150 g/mol. The average molecular weight is 1150 g/mol.